The summed E-state index contributed by atoms with van der Waals surface area (Å²) in [5.74, 6) is -0.639. The Labute approximate surface area is 122 Å². The second kappa shape index (κ2) is 5.59. The average Bonchev–Trinajstić information content (AvgIpc) is 2.38. The monoisotopic (exact) mass is 317 g/mol. The number of rotatable bonds is 3. The van der Waals surface area contributed by atoms with Crippen molar-refractivity contribution in [1.29, 1.82) is 0 Å². The van der Waals surface area contributed by atoms with E-state index in [4.69, 9.17) is 23.1 Å². The number of carbonyl (C=O) groups excluding carboxylic acids is 1. The molecule has 0 saturated carbocycles. The third-order valence-electron chi connectivity index (χ3n) is 3.32. The average molecular weight is 318 g/mol. The second-order valence-electron chi connectivity index (χ2n) is 4.72. The third kappa shape index (κ3) is 2.74. The Morgan fingerprint density at radius 1 is 1.35 bits per heavy atom. The van der Waals surface area contributed by atoms with Crippen LogP contribution >= 0.6 is 11.6 Å². The van der Waals surface area contributed by atoms with Crippen LogP contribution in [0.25, 0.3) is 0 Å². The molecule has 1 aliphatic heterocycles. The number of hydrogen-bond donors (Lipinski definition) is 2. The van der Waals surface area contributed by atoms with E-state index in [0.717, 1.165) is 10.7 Å². The standard InChI is InChI=1S/C12H16ClN3O3S/c13-9-7-8(14)4-5-11(9)20(18,19)16-6-2-1-3-10(16)12(15)17/h4-5,7,10H,1-3,6,14H2,(H2,15,17). The molecule has 0 bridgehead atoms. The molecule has 1 heterocycles. The predicted molar refractivity (Wildman–Crippen MR) is 76.6 cm³/mol. The molecule has 1 atom stereocenters. The summed E-state index contributed by atoms with van der Waals surface area (Å²) in [6, 6.07) is 3.36. The number of nitrogens with two attached hydrogens (primary N) is 2. The number of benzene rings is 1. The normalized spacial score (nSPS) is 20.8. The molecule has 0 aliphatic carbocycles. The predicted octanol–water partition coefficient (Wildman–Crippen LogP) is 0.951. The van der Waals surface area contributed by atoms with Gasteiger partial charge >= 0.3 is 0 Å². The molecule has 110 valence electrons. The lowest BCUT2D eigenvalue weighted by molar-refractivity contribution is -0.122. The summed E-state index contributed by atoms with van der Waals surface area (Å²) < 4.78 is 26.4. The highest BCUT2D eigenvalue weighted by Gasteiger charge is 2.37. The van der Waals surface area contributed by atoms with Gasteiger partial charge in [0.25, 0.3) is 0 Å². The van der Waals surface area contributed by atoms with Crippen molar-refractivity contribution >= 4 is 33.2 Å². The molecule has 0 aromatic heterocycles. The van der Waals surface area contributed by atoms with Gasteiger partial charge in [0.05, 0.1) is 5.02 Å². The van der Waals surface area contributed by atoms with Crippen LogP contribution in [-0.4, -0.2) is 31.2 Å². The first-order chi connectivity index (χ1) is 9.34. The molecule has 8 heteroatoms. The molecule has 1 fully saturated rings. The molecule has 1 amide bonds. The number of sulfonamides is 1. The third-order valence-corrected chi connectivity index (χ3v) is 5.72. The number of hydrogen-bond acceptors (Lipinski definition) is 4. The first-order valence-electron chi connectivity index (χ1n) is 6.20. The lowest BCUT2D eigenvalue weighted by Gasteiger charge is -2.32. The van der Waals surface area contributed by atoms with Gasteiger partial charge in [0.1, 0.15) is 10.9 Å². The van der Waals surface area contributed by atoms with Gasteiger partial charge in [-0.05, 0) is 31.0 Å². The Bertz CT molecular complexity index is 633. The number of primary amides is 1. The number of amides is 1. The van der Waals surface area contributed by atoms with Crippen molar-refractivity contribution in [2.75, 3.05) is 12.3 Å². The maximum atomic E-state index is 12.6. The zero-order chi connectivity index (χ0) is 14.9. The van der Waals surface area contributed by atoms with Crippen molar-refractivity contribution in [3.8, 4) is 0 Å². The van der Waals surface area contributed by atoms with Gasteiger partial charge in [0.2, 0.25) is 15.9 Å². The fourth-order valence-corrected chi connectivity index (χ4v) is 4.52. The van der Waals surface area contributed by atoms with Crippen LogP contribution in [0.5, 0.6) is 0 Å². The van der Waals surface area contributed by atoms with Crippen LogP contribution in [0.2, 0.25) is 5.02 Å². The van der Waals surface area contributed by atoms with Crippen LogP contribution < -0.4 is 11.5 Å². The topological polar surface area (TPSA) is 106 Å². The summed E-state index contributed by atoms with van der Waals surface area (Å²) in [6.45, 7) is 0.261. The molecule has 1 aromatic carbocycles. The maximum Gasteiger partial charge on any atom is 0.245 e. The van der Waals surface area contributed by atoms with E-state index in [9.17, 15) is 13.2 Å². The van der Waals surface area contributed by atoms with Gasteiger partial charge < -0.3 is 11.5 Å². The summed E-state index contributed by atoms with van der Waals surface area (Å²) in [5, 5.41) is 0.0405. The number of anilines is 1. The van der Waals surface area contributed by atoms with Crippen LogP contribution in [0.1, 0.15) is 19.3 Å². The van der Waals surface area contributed by atoms with E-state index < -0.39 is 22.0 Å². The molecule has 0 radical (unpaired) electrons. The fraction of sp³-hybridized carbons (Fsp3) is 0.417. The van der Waals surface area contributed by atoms with Crippen LogP contribution in [-0.2, 0) is 14.8 Å². The molecule has 20 heavy (non-hydrogen) atoms. The van der Waals surface area contributed by atoms with Gasteiger partial charge in [-0.15, -0.1) is 0 Å². The van der Waals surface area contributed by atoms with E-state index >= 15 is 0 Å². The highest BCUT2D eigenvalue weighted by Crippen LogP contribution is 2.30. The maximum absolute atomic E-state index is 12.6. The Balaban J connectivity index is 2.45. The lowest BCUT2D eigenvalue weighted by Crippen LogP contribution is -2.50. The van der Waals surface area contributed by atoms with Crippen molar-refractivity contribution in [3.63, 3.8) is 0 Å². The van der Waals surface area contributed by atoms with E-state index in [1.165, 1.54) is 18.2 Å². The van der Waals surface area contributed by atoms with E-state index in [0.29, 0.717) is 18.5 Å². The first kappa shape index (κ1) is 15.1. The van der Waals surface area contributed by atoms with E-state index in [-0.39, 0.29) is 16.5 Å². The number of piperidine rings is 1. The van der Waals surface area contributed by atoms with Crippen LogP contribution in [0, 0.1) is 0 Å². The highest BCUT2D eigenvalue weighted by molar-refractivity contribution is 7.89. The molecule has 6 nitrogen and oxygen atoms in total. The Morgan fingerprint density at radius 2 is 2.05 bits per heavy atom. The van der Waals surface area contributed by atoms with Crippen LogP contribution in [0.3, 0.4) is 0 Å². The molecule has 0 spiro atoms. The fourth-order valence-electron chi connectivity index (χ4n) is 2.33. The van der Waals surface area contributed by atoms with E-state index in [1.54, 1.807) is 0 Å². The van der Waals surface area contributed by atoms with Crippen molar-refractivity contribution in [2.45, 2.75) is 30.2 Å². The van der Waals surface area contributed by atoms with Crippen LogP contribution in [0.4, 0.5) is 5.69 Å². The molecule has 2 rings (SSSR count). The SMILES string of the molecule is NC(=O)C1CCCCN1S(=O)(=O)c1ccc(N)cc1Cl. The largest absolute Gasteiger partial charge is 0.399 e. The van der Waals surface area contributed by atoms with Crippen molar-refractivity contribution < 1.29 is 13.2 Å². The zero-order valence-corrected chi connectivity index (χ0v) is 12.3. The summed E-state index contributed by atoms with van der Waals surface area (Å²) in [7, 11) is -3.86. The van der Waals surface area contributed by atoms with Crippen LogP contribution in [0.15, 0.2) is 23.1 Å². The number of nitrogen functional groups attached to an aromatic ring is 1. The summed E-state index contributed by atoms with van der Waals surface area (Å²) >= 11 is 5.96. The number of halogens is 1. The van der Waals surface area contributed by atoms with Gasteiger partial charge in [-0.1, -0.05) is 18.0 Å². The minimum absolute atomic E-state index is 0.0405. The molecule has 1 unspecified atom stereocenters. The summed E-state index contributed by atoms with van der Waals surface area (Å²) in [6.07, 6.45) is 1.89. The van der Waals surface area contributed by atoms with Gasteiger partial charge in [-0.3, -0.25) is 4.79 Å². The quantitative estimate of drug-likeness (QED) is 0.809. The summed E-state index contributed by atoms with van der Waals surface area (Å²) in [4.78, 5) is 11.4. The minimum atomic E-state index is -3.86. The zero-order valence-electron chi connectivity index (χ0n) is 10.8. The first-order valence-corrected chi connectivity index (χ1v) is 8.02. The second-order valence-corrected chi connectivity index (χ2v) is 6.99. The Morgan fingerprint density at radius 3 is 2.65 bits per heavy atom. The lowest BCUT2D eigenvalue weighted by atomic mass is 10.0. The molecule has 1 aromatic rings. The molecule has 1 saturated heterocycles. The number of nitrogens with zero attached hydrogens (tertiary/aromatic N) is 1. The van der Waals surface area contributed by atoms with Gasteiger partial charge in [-0.2, -0.15) is 4.31 Å². The molecule has 1 aliphatic rings. The van der Waals surface area contributed by atoms with Gasteiger partial charge in [0, 0.05) is 12.2 Å². The molecular formula is C12H16ClN3O3S. The number of carbonyl (C=O) groups is 1. The van der Waals surface area contributed by atoms with Crippen molar-refractivity contribution in [1.82, 2.24) is 4.31 Å². The van der Waals surface area contributed by atoms with E-state index in [2.05, 4.69) is 0 Å². The Hall–Kier alpha value is -1.31. The van der Waals surface area contributed by atoms with Gasteiger partial charge in [0.15, 0.2) is 0 Å². The molecule has 4 N–H and O–H groups in total. The minimum Gasteiger partial charge on any atom is -0.399 e. The van der Waals surface area contributed by atoms with Crippen molar-refractivity contribution in [2.24, 2.45) is 5.73 Å². The molecular weight excluding hydrogens is 302 g/mol. The summed E-state index contributed by atoms with van der Waals surface area (Å²) in [5.41, 5.74) is 11.2. The van der Waals surface area contributed by atoms with Gasteiger partial charge in [-0.25, -0.2) is 8.42 Å². The van der Waals surface area contributed by atoms with Crippen molar-refractivity contribution in [3.05, 3.63) is 23.2 Å². The Kier molecular flexibility index (Phi) is 4.22. The van der Waals surface area contributed by atoms with E-state index in [1.807, 2.05) is 0 Å². The highest BCUT2D eigenvalue weighted by atomic mass is 35.5. The smallest absolute Gasteiger partial charge is 0.245 e.